The van der Waals surface area contributed by atoms with E-state index >= 15 is 0 Å². The Kier molecular flexibility index (Phi) is 4.77. The van der Waals surface area contributed by atoms with Crippen LogP contribution in [-0.2, 0) is 4.79 Å². The number of hydrazone groups is 1. The van der Waals surface area contributed by atoms with E-state index in [0.717, 1.165) is 12.2 Å². The predicted octanol–water partition coefficient (Wildman–Crippen LogP) is 3.25. The number of carbonyl (C=O) groups excluding carboxylic acids is 1. The van der Waals surface area contributed by atoms with Crippen LogP contribution in [0.2, 0.25) is 0 Å². The fourth-order valence-corrected chi connectivity index (χ4v) is 2.31. The molecule has 0 spiro atoms. The molecule has 1 saturated carbocycles. The Morgan fingerprint density at radius 1 is 1.53 bits per heavy atom. The molecule has 104 valence electrons. The quantitative estimate of drug-likeness (QED) is 0.466. The summed E-state index contributed by atoms with van der Waals surface area (Å²) < 4.78 is 5.33. The summed E-state index contributed by atoms with van der Waals surface area (Å²) in [5, 5.41) is 3.93. The number of nitrogens with zero attached hydrogens (tertiary/aromatic N) is 1. The smallest absolute Gasteiger partial charge is 0.243 e. The van der Waals surface area contributed by atoms with Crippen molar-refractivity contribution in [1.82, 2.24) is 5.43 Å². The van der Waals surface area contributed by atoms with Gasteiger partial charge in [0.2, 0.25) is 5.91 Å². The molecule has 1 aliphatic carbocycles. The van der Waals surface area contributed by atoms with Gasteiger partial charge in [-0.2, -0.15) is 5.10 Å². The summed E-state index contributed by atoms with van der Waals surface area (Å²) in [4.78, 5) is 11.8. The van der Waals surface area contributed by atoms with Crippen molar-refractivity contribution in [2.24, 2.45) is 16.9 Å². The molecule has 1 fully saturated rings. The number of carbonyl (C=O) groups is 1. The van der Waals surface area contributed by atoms with Gasteiger partial charge in [0, 0.05) is 5.92 Å². The fraction of sp³-hybridized carbons (Fsp3) is 0.600. The Morgan fingerprint density at radius 3 is 3.05 bits per heavy atom. The molecule has 2 atom stereocenters. The highest BCUT2D eigenvalue weighted by atomic mass is 16.3. The van der Waals surface area contributed by atoms with Crippen molar-refractivity contribution in [3.63, 3.8) is 0 Å². The number of rotatable bonds is 7. The van der Waals surface area contributed by atoms with Crippen LogP contribution in [0.15, 0.2) is 21.7 Å². The van der Waals surface area contributed by atoms with Gasteiger partial charge in [-0.3, -0.25) is 4.79 Å². The standard InChI is InChI=1S/C15H22N2O2/c1-3-4-5-6-12-9-14(12)15(18)17-16-10-13-8-7-11(2)19-13/h7-8,10,12,14H,3-6,9H2,1-2H3,(H,17,18)/b16-10-/t12-,14-/m0/s1. The minimum atomic E-state index is 0.0426. The van der Waals surface area contributed by atoms with Gasteiger partial charge >= 0.3 is 0 Å². The van der Waals surface area contributed by atoms with Gasteiger partial charge in [0.05, 0.1) is 6.21 Å². The van der Waals surface area contributed by atoms with E-state index in [0.29, 0.717) is 11.7 Å². The third-order valence-corrected chi connectivity index (χ3v) is 3.57. The van der Waals surface area contributed by atoms with Crippen LogP contribution in [0.1, 0.15) is 50.5 Å². The van der Waals surface area contributed by atoms with Gasteiger partial charge in [-0.1, -0.05) is 26.2 Å². The maximum Gasteiger partial charge on any atom is 0.243 e. The first kappa shape index (κ1) is 13.8. The molecule has 1 heterocycles. The van der Waals surface area contributed by atoms with Crippen molar-refractivity contribution in [2.75, 3.05) is 0 Å². The molecular formula is C15H22N2O2. The van der Waals surface area contributed by atoms with Crippen LogP contribution in [0.3, 0.4) is 0 Å². The van der Waals surface area contributed by atoms with Crippen LogP contribution in [0.5, 0.6) is 0 Å². The first-order chi connectivity index (χ1) is 9.20. The van der Waals surface area contributed by atoms with Crippen LogP contribution < -0.4 is 5.43 Å². The van der Waals surface area contributed by atoms with Gasteiger partial charge in [-0.15, -0.1) is 0 Å². The molecule has 0 unspecified atom stereocenters. The van der Waals surface area contributed by atoms with Crippen LogP contribution in [0.25, 0.3) is 0 Å². The van der Waals surface area contributed by atoms with Gasteiger partial charge in [0.25, 0.3) is 0 Å². The molecule has 1 aliphatic rings. The number of hydrogen-bond donors (Lipinski definition) is 1. The Morgan fingerprint density at radius 2 is 2.37 bits per heavy atom. The second-order valence-corrected chi connectivity index (χ2v) is 5.28. The van der Waals surface area contributed by atoms with E-state index in [1.165, 1.54) is 25.7 Å². The Balaban J connectivity index is 1.67. The van der Waals surface area contributed by atoms with E-state index in [-0.39, 0.29) is 11.8 Å². The average molecular weight is 262 g/mol. The van der Waals surface area contributed by atoms with Gasteiger partial charge in [-0.25, -0.2) is 5.43 Å². The first-order valence-electron chi connectivity index (χ1n) is 7.10. The maximum absolute atomic E-state index is 11.8. The van der Waals surface area contributed by atoms with Crippen LogP contribution in [0.4, 0.5) is 0 Å². The summed E-state index contributed by atoms with van der Waals surface area (Å²) in [6.45, 7) is 4.07. The zero-order chi connectivity index (χ0) is 13.7. The van der Waals surface area contributed by atoms with Crippen molar-refractivity contribution in [3.05, 3.63) is 23.7 Å². The lowest BCUT2D eigenvalue weighted by atomic mass is 10.1. The molecule has 0 aromatic carbocycles. The fourth-order valence-electron chi connectivity index (χ4n) is 2.31. The van der Waals surface area contributed by atoms with Crippen molar-refractivity contribution >= 4 is 12.1 Å². The van der Waals surface area contributed by atoms with Crippen molar-refractivity contribution in [2.45, 2.75) is 46.0 Å². The minimum Gasteiger partial charge on any atom is -0.460 e. The maximum atomic E-state index is 11.8. The highest BCUT2D eigenvalue weighted by Crippen LogP contribution is 2.42. The number of amides is 1. The summed E-state index contributed by atoms with van der Waals surface area (Å²) in [6, 6.07) is 3.70. The molecule has 4 nitrogen and oxygen atoms in total. The Bertz CT molecular complexity index is 451. The normalized spacial score (nSPS) is 21.8. The van der Waals surface area contributed by atoms with Gasteiger partial charge < -0.3 is 4.42 Å². The predicted molar refractivity (Wildman–Crippen MR) is 74.9 cm³/mol. The zero-order valence-electron chi connectivity index (χ0n) is 11.7. The topological polar surface area (TPSA) is 54.6 Å². The van der Waals surface area contributed by atoms with Crippen LogP contribution >= 0.6 is 0 Å². The summed E-state index contributed by atoms with van der Waals surface area (Å²) in [6.07, 6.45) is 7.47. The summed E-state index contributed by atoms with van der Waals surface area (Å²) in [5.41, 5.74) is 2.59. The molecule has 1 N–H and O–H groups in total. The second kappa shape index (κ2) is 6.55. The first-order valence-corrected chi connectivity index (χ1v) is 7.10. The molecule has 2 rings (SSSR count). The number of hydrogen-bond acceptors (Lipinski definition) is 3. The molecule has 0 bridgehead atoms. The Labute approximate surface area is 114 Å². The monoisotopic (exact) mass is 262 g/mol. The summed E-state index contributed by atoms with van der Waals surface area (Å²) in [7, 11) is 0. The molecular weight excluding hydrogens is 240 g/mol. The molecule has 1 amide bonds. The lowest BCUT2D eigenvalue weighted by Crippen LogP contribution is -2.20. The second-order valence-electron chi connectivity index (χ2n) is 5.28. The van der Waals surface area contributed by atoms with E-state index in [4.69, 9.17) is 4.42 Å². The van der Waals surface area contributed by atoms with E-state index in [1.807, 2.05) is 19.1 Å². The van der Waals surface area contributed by atoms with E-state index in [9.17, 15) is 4.79 Å². The minimum absolute atomic E-state index is 0.0426. The van der Waals surface area contributed by atoms with E-state index in [2.05, 4.69) is 17.5 Å². The highest BCUT2D eigenvalue weighted by Gasteiger charge is 2.41. The third kappa shape index (κ3) is 4.23. The Hall–Kier alpha value is -1.58. The average Bonchev–Trinajstić information content (AvgIpc) is 3.05. The molecule has 4 heteroatoms. The van der Waals surface area contributed by atoms with Gasteiger partial charge in [-0.05, 0) is 37.8 Å². The van der Waals surface area contributed by atoms with Crippen molar-refractivity contribution in [3.8, 4) is 0 Å². The molecule has 1 aromatic heterocycles. The SMILES string of the molecule is CCCCC[C@H]1C[C@@H]1C(=O)N/N=C\c1ccc(C)o1. The lowest BCUT2D eigenvalue weighted by molar-refractivity contribution is -0.122. The molecule has 0 radical (unpaired) electrons. The van der Waals surface area contributed by atoms with Gasteiger partial charge in [0.1, 0.15) is 11.5 Å². The molecule has 0 saturated heterocycles. The largest absolute Gasteiger partial charge is 0.460 e. The van der Waals surface area contributed by atoms with E-state index in [1.54, 1.807) is 6.21 Å². The van der Waals surface area contributed by atoms with Crippen molar-refractivity contribution < 1.29 is 9.21 Å². The van der Waals surface area contributed by atoms with Crippen molar-refractivity contribution in [1.29, 1.82) is 0 Å². The summed E-state index contributed by atoms with van der Waals surface area (Å²) >= 11 is 0. The molecule has 1 aromatic rings. The lowest BCUT2D eigenvalue weighted by Gasteiger charge is -1.99. The van der Waals surface area contributed by atoms with Crippen LogP contribution in [0, 0.1) is 18.8 Å². The number of unbranched alkanes of at least 4 members (excludes halogenated alkanes) is 2. The number of nitrogens with one attached hydrogen (secondary N) is 1. The summed E-state index contributed by atoms with van der Waals surface area (Å²) in [5.74, 6) is 2.29. The number of aryl methyl sites for hydroxylation is 1. The molecule has 0 aliphatic heterocycles. The van der Waals surface area contributed by atoms with Crippen LogP contribution in [-0.4, -0.2) is 12.1 Å². The van der Waals surface area contributed by atoms with E-state index < -0.39 is 0 Å². The number of furan rings is 1. The third-order valence-electron chi connectivity index (χ3n) is 3.57. The van der Waals surface area contributed by atoms with Gasteiger partial charge in [0.15, 0.2) is 0 Å². The zero-order valence-corrected chi connectivity index (χ0v) is 11.7. The molecule has 19 heavy (non-hydrogen) atoms. The highest BCUT2D eigenvalue weighted by molar-refractivity contribution is 5.83.